The van der Waals surface area contributed by atoms with Gasteiger partial charge >= 0.3 is 6.18 Å². The van der Waals surface area contributed by atoms with E-state index in [1.165, 1.54) is 6.07 Å². The first-order chi connectivity index (χ1) is 6.86. The number of anilines is 1. The maximum Gasteiger partial charge on any atom is 0.416 e. The van der Waals surface area contributed by atoms with Crippen LogP contribution in [0.25, 0.3) is 0 Å². The molecule has 0 saturated carbocycles. The molecule has 0 heterocycles. The van der Waals surface area contributed by atoms with Gasteiger partial charge in [0.15, 0.2) is 0 Å². The highest BCUT2D eigenvalue weighted by atomic mass is 19.4. The van der Waals surface area contributed by atoms with E-state index in [-0.39, 0.29) is 5.92 Å². The van der Waals surface area contributed by atoms with Gasteiger partial charge in [0.05, 0.1) is 5.56 Å². The van der Waals surface area contributed by atoms with Gasteiger partial charge in [0.2, 0.25) is 0 Å². The first-order valence-electron chi connectivity index (χ1n) is 4.75. The molecule has 0 aromatic heterocycles. The minimum atomic E-state index is -4.27. The average molecular weight is 217 g/mol. The summed E-state index contributed by atoms with van der Waals surface area (Å²) in [5.41, 5.74) is 0.484. The van der Waals surface area contributed by atoms with E-state index in [9.17, 15) is 13.2 Å². The van der Waals surface area contributed by atoms with Gasteiger partial charge in [-0.3, -0.25) is 0 Å². The highest BCUT2D eigenvalue weighted by Gasteiger charge is 2.33. The number of halogens is 3. The van der Waals surface area contributed by atoms with Gasteiger partial charge in [-0.1, -0.05) is 13.8 Å². The number of nitrogens with one attached hydrogen (secondary N) is 1. The summed E-state index contributed by atoms with van der Waals surface area (Å²) in [7, 11) is 1.69. The summed E-state index contributed by atoms with van der Waals surface area (Å²) < 4.78 is 37.9. The molecule has 0 bridgehead atoms. The fourth-order valence-corrected chi connectivity index (χ4v) is 1.45. The number of hydrogen-bond donors (Lipinski definition) is 1. The van der Waals surface area contributed by atoms with Crippen molar-refractivity contribution in [3.05, 3.63) is 29.3 Å². The lowest BCUT2D eigenvalue weighted by atomic mass is 9.96. The van der Waals surface area contributed by atoms with Crippen molar-refractivity contribution >= 4 is 5.69 Å². The third-order valence-electron chi connectivity index (χ3n) is 2.27. The van der Waals surface area contributed by atoms with Crippen molar-refractivity contribution < 1.29 is 13.2 Å². The van der Waals surface area contributed by atoms with Gasteiger partial charge in [-0.2, -0.15) is 13.2 Å². The average Bonchev–Trinajstić information content (AvgIpc) is 2.15. The van der Waals surface area contributed by atoms with Crippen molar-refractivity contribution in [3.8, 4) is 0 Å². The normalized spacial score (nSPS) is 11.9. The highest BCUT2D eigenvalue weighted by molar-refractivity contribution is 5.50. The van der Waals surface area contributed by atoms with Crippen molar-refractivity contribution in [3.63, 3.8) is 0 Å². The van der Waals surface area contributed by atoms with E-state index in [0.717, 1.165) is 6.07 Å². The first-order valence-corrected chi connectivity index (χ1v) is 4.75. The summed E-state index contributed by atoms with van der Waals surface area (Å²) in [4.78, 5) is 0. The quantitative estimate of drug-likeness (QED) is 0.792. The van der Waals surface area contributed by atoms with Crippen LogP contribution in [-0.2, 0) is 6.18 Å². The van der Waals surface area contributed by atoms with Crippen molar-refractivity contribution in [1.82, 2.24) is 0 Å². The van der Waals surface area contributed by atoms with Crippen LogP contribution in [-0.4, -0.2) is 7.05 Å². The molecular formula is C11H14F3N. The third kappa shape index (κ3) is 2.64. The first kappa shape index (κ1) is 11.9. The van der Waals surface area contributed by atoms with Gasteiger partial charge in [-0.15, -0.1) is 0 Å². The van der Waals surface area contributed by atoms with Crippen LogP contribution in [0.3, 0.4) is 0 Å². The Bertz CT molecular complexity index is 342. The molecule has 0 saturated heterocycles. The monoisotopic (exact) mass is 217 g/mol. The van der Waals surface area contributed by atoms with E-state index in [0.29, 0.717) is 11.3 Å². The zero-order valence-corrected chi connectivity index (χ0v) is 8.94. The Morgan fingerprint density at radius 1 is 1.20 bits per heavy atom. The minimum absolute atomic E-state index is 0.144. The molecule has 0 unspecified atom stereocenters. The van der Waals surface area contributed by atoms with E-state index >= 15 is 0 Å². The lowest BCUT2D eigenvalue weighted by molar-refractivity contribution is -0.138. The van der Waals surface area contributed by atoms with Gasteiger partial charge in [0, 0.05) is 12.7 Å². The lowest BCUT2D eigenvalue weighted by Crippen LogP contribution is -2.10. The van der Waals surface area contributed by atoms with Gasteiger partial charge in [-0.25, -0.2) is 0 Å². The van der Waals surface area contributed by atoms with Gasteiger partial charge < -0.3 is 5.32 Å². The van der Waals surface area contributed by atoms with Crippen LogP contribution in [0.4, 0.5) is 18.9 Å². The SMILES string of the molecule is CNc1ccc(C(F)(F)F)c(C(C)C)c1. The van der Waals surface area contributed by atoms with Crippen LogP contribution in [0, 0.1) is 0 Å². The van der Waals surface area contributed by atoms with Crippen molar-refractivity contribution in [2.45, 2.75) is 25.9 Å². The van der Waals surface area contributed by atoms with Crippen LogP contribution in [0.2, 0.25) is 0 Å². The Hall–Kier alpha value is -1.19. The topological polar surface area (TPSA) is 12.0 Å². The largest absolute Gasteiger partial charge is 0.416 e. The van der Waals surface area contributed by atoms with Crippen molar-refractivity contribution in [2.75, 3.05) is 12.4 Å². The molecule has 1 aromatic carbocycles. The Balaban J connectivity index is 3.28. The molecule has 84 valence electrons. The third-order valence-corrected chi connectivity index (χ3v) is 2.27. The number of rotatable bonds is 2. The molecule has 0 fully saturated rings. The van der Waals surface area contributed by atoms with Crippen LogP contribution in [0.1, 0.15) is 30.9 Å². The lowest BCUT2D eigenvalue weighted by Gasteiger charge is -2.16. The van der Waals surface area contributed by atoms with Gasteiger partial charge in [0.1, 0.15) is 0 Å². The summed E-state index contributed by atoms with van der Waals surface area (Å²) in [6.45, 7) is 3.51. The Labute approximate surface area is 87.3 Å². The maximum absolute atomic E-state index is 12.6. The Morgan fingerprint density at radius 2 is 1.80 bits per heavy atom. The molecular weight excluding hydrogens is 203 g/mol. The molecule has 15 heavy (non-hydrogen) atoms. The summed E-state index contributed by atoms with van der Waals surface area (Å²) in [6.07, 6.45) is -4.27. The highest BCUT2D eigenvalue weighted by Crippen LogP contribution is 2.36. The Morgan fingerprint density at radius 3 is 2.20 bits per heavy atom. The molecule has 1 rings (SSSR count). The van der Waals surface area contributed by atoms with Crippen molar-refractivity contribution in [2.24, 2.45) is 0 Å². The molecule has 0 amide bonds. The molecule has 0 radical (unpaired) electrons. The predicted molar refractivity (Wildman–Crippen MR) is 55.1 cm³/mol. The fraction of sp³-hybridized carbons (Fsp3) is 0.455. The molecule has 1 nitrogen and oxygen atoms in total. The van der Waals surface area contributed by atoms with Crippen LogP contribution in [0.15, 0.2) is 18.2 Å². The van der Waals surface area contributed by atoms with Crippen LogP contribution >= 0.6 is 0 Å². The second-order valence-electron chi connectivity index (χ2n) is 3.70. The second kappa shape index (κ2) is 4.13. The number of alkyl halides is 3. The molecule has 0 aliphatic rings. The maximum atomic E-state index is 12.6. The summed E-state index contributed by atoms with van der Waals surface area (Å²) in [5, 5.41) is 2.83. The van der Waals surface area contributed by atoms with Crippen LogP contribution in [0.5, 0.6) is 0 Å². The predicted octanol–water partition coefficient (Wildman–Crippen LogP) is 3.87. The number of benzene rings is 1. The zero-order valence-electron chi connectivity index (χ0n) is 8.94. The Kier molecular flexibility index (Phi) is 3.27. The second-order valence-corrected chi connectivity index (χ2v) is 3.70. The summed E-state index contributed by atoms with van der Waals surface area (Å²) >= 11 is 0. The van der Waals surface area contributed by atoms with Crippen LogP contribution < -0.4 is 5.32 Å². The number of hydrogen-bond acceptors (Lipinski definition) is 1. The minimum Gasteiger partial charge on any atom is -0.388 e. The zero-order chi connectivity index (χ0) is 11.6. The molecule has 0 aliphatic heterocycles. The van der Waals surface area contributed by atoms with E-state index in [1.54, 1.807) is 27.0 Å². The van der Waals surface area contributed by atoms with Crippen molar-refractivity contribution in [1.29, 1.82) is 0 Å². The van der Waals surface area contributed by atoms with E-state index in [1.807, 2.05) is 0 Å². The molecule has 1 N–H and O–H groups in total. The molecule has 0 spiro atoms. The standard InChI is InChI=1S/C11H14F3N/c1-7(2)9-6-8(15-3)4-5-10(9)11(12,13)14/h4-7,15H,1-3H3. The van der Waals surface area contributed by atoms with E-state index in [4.69, 9.17) is 0 Å². The summed E-state index contributed by atoms with van der Waals surface area (Å²) in [5.74, 6) is -0.144. The van der Waals surface area contributed by atoms with E-state index in [2.05, 4.69) is 5.32 Å². The fourth-order valence-electron chi connectivity index (χ4n) is 1.45. The molecule has 0 atom stereocenters. The molecule has 0 aliphatic carbocycles. The van der Waals surface area contributed by atoms with E-state index < -0.39 is 11.7 Å². The smallest absolute Gasteiger partial charge is 0.388 e. The van der Waals surface area contributed by atoms with Gasteiger partial charge in [0.25, 0.3) is 0 Å². The molecule has 1 aromatic rings. The summed E-state index contributed by atoms with van der Waals surface area (Å²) in [6, 6.07) is 4.11. The van der Waals surface area contributed by atoms with Gasteiger partial charge in [-0.05, 0) is 29.7 Å². The molecule has 4 heteroatoms.